The van der Waals surface area contributed by atoms with Gasteiger partial charge in [0.15, 0.2) is 11.5 Å². The van der Waals surface area contributed by atoms with Crippen molar-refractivity contribution >= 4 is 23.1 Å². The quantitative estimate of drug-likeness (QED) is 0.504. The fourth-order valence-electron chi connectivity index (χ4n) is 3.22. The third-order valence-corrected chi connectivity index (χ3v) is 5.58. The van der Waals surface area contributed by atoms with Crippen molar-refractivity contribution in [3.63, 3.8) is 0 Å². The molecule has 1 amide bonds. The molecule has 8 nitrogen and oxygen atoms in total. The first-order valence-corrected chi connectivity index (χ1v) is 10.4. The molecule has 0 saturated carbocycles. The monoisotopic (exact) mass is 434 g/mol. The molecule has 0 spiro atoms. The second-order valence-electron chi connectivity index (χ2n) is 6.85. The molecule has 4 aromatic rings. The number of hydrogen-bond acceptors (Lipinski definition) is 7. The summed E-state index contributed by atoms with van der Waals surface area (Å²) in [6, 6.07) is 14.6. The molecule has 0 bridgehead atoms. The van der Waals surface area contributed by atoms with E-state index in [0.29, 0.717) is 28.0 Å². The molecule has 1 N–H and O–H groups in total. The van der Waals surface area contributed by atoms with Gasteiger partial charge in [0.05, 0.1) is 18.5 Å². The van der Waals surface area contributed by atoms with Crippen LogP contribution >= 0.6 is 11.3 Å². The molecule has 156 valence electrons. The molecule has 1 aliphatic rings. The summed E-state index contributed by atoms with van der Waals surface area (Å²) in [4.78, 5) is 17.5. The van der Waals surface area contributed by atoms with E-state index in [1.54, 1.807) is 36.1 Å². The number of carbonyl (C=O) groups excluding carboxylic acids is 1. The fraction of sp³-hybridized carbons (Fsp3) is 0.136. The van der Waals surface area contributed by atoms with Gasteiger partial charge < -0.3 is 19.5 Å². The van der Waals surface area contributed by atoms with E-state index in [2.05, 4.69) is 10.4 Å². The highest BCUT2D eigenvalue weighted by molar-refractivity contribution is 7.12. The summed E-state index contributed by atoms with van der Waals surface area (Å²) in [7, 11) is 1.63. The second kappa shape index (κ2) is 7.77. The number of nitrogens with one attached hydrogen (secondary N) is 1. The maximum absolute atomic E-state index is 12.8. The number of ether oxygens (including phenoxy) is 3. The molecule has 0 saturated heterocycles. The maximum Gasteiger partial charge on any atom is 0.256 e. The molecule has 0 aliphatic carbocycles. The zero-order chi connectivity index (χ0) is 21.4. The number of aromatic nitrogens is 3. The Morgan fingerprint density at radius 1 is 1.13 bits per heavy atom. The maximum atomic E-state index is 12.8. The number of methoxy groups -OCH3 is 1. The van der Waals surface area contributed by atoms with E-state index in [4.69, 9.17) is 19.2 Å². The van der Waals surface area contributed by atoms with Gasteiger partial charge >= 0.3 is 0 Å². The smallest absolute Gasteiger partial charge is 0.256 e. The number of rotatable bonds is 5. The highest BCUT2D eigenvalue weighted by Crippen LogP contribution is 2.33. The SMILES string of the molecule is COc1ccc(-c2csc(-n3nc(C)cc3NC(=O)c3ccc4c(c3)OCO4)n2)cc1. The van der Waals surface area contributed by atoms with Crippen molar-refractivity contribution in [3.8, 4) is 33.6 Å². The van der Waals surface area contributed by atoms with Gasteiger partial charge in [-0.1, -0.05) is 0 Å². The Hall–Kier alpha value is -3.85. The van der Waals surface area contributed by atoms with Crippen molar-refractivity contribution in [1.82, 2.24) is 14.8 Å². The first-order chi connectivity index (χ1) is 15.1. The molecular weight excluding hydrogens is 416 g/mol. The lowest BCUT2D eigenvalue weighted by atomic mass is 10.2. The van der Waals surface area contributed by atoms with E-state index < -0.39 is 0 Å². The van der Waals surface area contributed by atoms with Gasteiger partial charge in [0.1, 0.15) is 11.6 Å². The van der Waals surface area contributed by atoms with Crippen LogP contribution in [0.2, 0.25) is 0 Å². The topological polar surface area (TPSA) is 87.5 Å². The molecule has 5 rings (SSSR count). The van der Waals surface area contributed by atoms with Crippen LogP contribution in [0.5, 0.6) is 17.2 Å². The van der Waals surface area contributed by atoms with Crippen LogP contribution in [-0.4, -0.2) is 34.6 Å². The van der Waals surface area contributed by atoms with Crippen molar-refractivity contribution in [1.29, 1.82) is 0 Å². The molecule has 0 radical (unpaired) electrons. The van der Waals surface area contributed by atoms with E-state index >= 15 is 0 Å². The van der Waals surface area contributed by atoms with Crippen LogP contribution in [0.3, 0.4) is 0 Å². The minimum absolute atomic E-state index is 0.160. The van der Waals surface area contributed by atoms with Crippen molar-refractivity contribution in [2.24, 2.45) is 0 Å². The average Bonchev–Trinajstić information content (AvgIpc) is 3.52. The summed E-state index contributed by atoms with van der Waals surface area (Å²) < 4.78 is 17.5. The van der Waals surface area contributed by atoms with Crippen LogP contribution in [0.25, 0.3) is 16.4 Å². The molecule has 2 aromatic carbocycles. The van der Waals surface area contributed by atoms with Gasteiger partial charge in [-0.3, -0.25) is 4.79 Å². The normalized spacial score (nSPS) is 12.1. The highest BCUT2D eigenvalue weighted by Gasteiger charge is 2.19. The number of thiazole rings is 1. The molecule has 0 unspecified atom stereocenters. The minimum Gasteiger partial charge on any atom is -0.497 e. The van der Waals surface area contributed by atoms with Gasteiger partial charge in [-0.2, -0.15) is 9.78 Å². The Kier molecular flexibility index (Phi) is 4.79. The Morgan fingerprint density at radius 2 is 1.94 bits per heavy atom. The van der Waals surface area contributed by atoms with Crippen molar-refractivity contribution < 1.29 is 19.0 Å². The summed E-state index contributed by atoms with van der Waals surface area (Å²) in [5.41, 5.74) is 3.02. The molecule has 31 heavy (non-hydrogen) atoms. The van der Waals surface area contributed by atoms with Crippen LogP contribution in [0, 0.1) is 6.92 Å². The van der Waals surface area contributed by atoms with E-state index in [-0.39, 0.29) is 12.7 Å². The third-order valence-electron chi connectivity index (χ3n) is 4.77. The van der Waals surface area contributed by atoms with Crippen LogP contribution in [0.15, 0.2) is 53.9 Å². The molecule has 3 heterocycles. The van der Waals surface area contributed by atoms with Gasteiger partial charge in [0.25, 0.3) is 5.91 Å². The van der Waals surface area contributed by atoms with Crippen molar-refractivity contribution in [2.75, 3.05) is 19.2 Å². The number of benzene rings is 2. The summed E-state index contributed by atoms with van der Waals surface area (Å²) in [6.07, 6.45) is 0. The second-order valence-corrected chi connectivity index (χ2v) is 7.69. The van der Waals surface area contributed by atoms with Gasteiger partial charge in [-0.15, -0.1) is 11.3 Å². The molecule has 0 fully saturated rings. The largest absolute Gasteiger partial charge is 0.497 e. The Morgan fingerprint density at radius 3 is 2.74 bits per heavy atom. The predicted molar refractivity (Wildman–Crippen MR) is 116 cm³/mol. The van der Waals surface area contributed by atoms with Crippen LogP contribution in [0.4, 0.5) is 5.82 Å². The first-order valence-electron chi connectivity index (χ1n) is 9.49. The lowest BCUT2D eigenvalue weighted by Gasteiger charge is -2.07. The number of aryl methyl sites for hydroxylation is 1. The Bertz CT molecular complexity index is 1260. The van der Waals surface area contributed by atoms with Crippen LogP contribution < -0.4 is 19.5 Å². The van der Waals surface area contributed by atoms with Gasteiger partial charge in [0.2, 0.25) is 11.9 Å². The average molecular weight is 434 g/mol. The zero-order valence-electron chi connectivity index (χ0n) is 16.8. The summed E-state index contributed by atoms with van der Waals surface area (Å²) >= 11 is 1.44. The summed E-state index contributed by atoms with van der Waals surface area (Å²) in [5, 5.41) is 10.0. The van der Waals surface area contributed by atoms with Crippen molar-refractivity contribution in [3.05, 3.63) is 65.2 Å². The van der Waals surface area contributed by atoms with Crippen molar-refractivity contribution in [2.45, 2.75) is 6.92 Å². The molecule has 0 atom stereocenters. The predicted octanol–water partition coefficient (Wildman–Crippen LogP) is 4.29. The number of carbonyl (C=O) groups is 1. The fourth-order valence-corrected chi connectivity index (χ4v) is 4.01. The first kappa shape index (κ1) is 19.1. The third kappa shape index (κ3) is 3.71. The molecular formula is C22H18N4O4S. The minimum atomic E-state index is -0.272. The zero-order valence-corrected chi connectivity index (χ0v) is 17.6. The summed E-state index contributed by atoms with van der Waals surface area (Å²) in [5.74, 6) is 2.24. The number of nitrogens with zero attached hydrogens (tertiary/aromatic N) is 3. The van der Waals surface area contributed by atoms with E-state index in [0.717, 1.165) is 22.7 Å². The Balaban J connectivity index is 1.40. The lowest BCUT2D eigenvalue weighted by Crippen LogP contribution is -2.15. The molecule has 1 aliphatic heterocycles. The van der Waals surface area contributed by atoms with E-state index in [9.17, 15) is 4.79 Å². The Labute approximate surface area is 182 Å². The molecule has 2 aromatic heterocycles. The van der Waals surface area contributed by atoms with Gasteiger partial charge in [0, 0.05) is 22.6 Å². The summed E-state index contributed by atoms with van der Waals surface area (Å²) in [6.45, 7) is 2.03. The highest BCUT2D eigenvalue weighted by atomic mass is 32.1. The number of fused-ring (bicyclic) bond motifs is 1. The number of hydrogen-bond donors (Lipinski definition) is 1. The lowest BCUT2D eigenvalue weighted by molar-refractivity contribution is 0.102. The number of anilines is 1. The van der Waals surface area contributed by atoms with Gasteiger partial charge in [-0.25, -0.2) is 4.98 Å². The van der Waals surface area contributed by atoms with Crippen LogP contribution in [-0.2, 0) is 0 Å². The van der Waals surface area contributed by atoms with Crippen LogP contribution in [0.1, 0.15) is 16.1 Å². The standard InChI is InChI=1S/C22H18N4O4S/c1-13-9-20(24-21(27)15-5-8-18-19(10-15)30-12-29-18)26(25-13)22-23-17(11-31-22)14-3-6-16(28-2)7-4-14/h3-11H,12H2,1-2H3,(H,24,27). The van der Waals surface area contributed by atoms with E-state index in [1.165, 1.54) is 11.3 Å². The molecule has 9 heteroatoms. The van der Waals surface area contributed by atoms with Gasteiger partial charge in [-0.05, 0) is 49.4 Å². The number of amides is 1. The van der Waals surface area contributed by atoms with E-state index in [1.807, 2.05) is 36.6 Å².